The van der Waals surface area contributed by atoms with Crippen LogP contribution in [0.5, 0.6) is 0 Å². The van der Waals surface area contributed by atoms with Gasteiger partial charge in [0.05, 0.1) is 18.8 Å². The molecule has 0 saturated carbocycles. The monoisotopic (exact) mass is 692 g/mol. The van der Waals surface area contributed by atoms with Crippen molar-refractivity contribution in [2.24, 2.45) is 0 Å². The minimum Gasteiger partial charge on any atom is -0.392 e. The average Bonchev–Trinajstić information content (AvgIpc) is 3.63. The highest BCUT2D eigenvalue weighted by molar-refractivity contribution is 7.99. The molecule has 0 bridgehead atoms. The van der Waals surface area contributed by atoms with E-state index in [1.807, 2.05) is 72.8 Å². The normalized spacial score (nSPS) is 21.0. The zero-order valence-corrected chi connectivity index (χ0v) is 27.2. The highest BCUT2D eigenvalue weighted by Crippen LogP contribution is 2.40. The van der Waals surface area contributed by atoms with Crippen molar-refractivity contribution < 1.29 is 37.3 Å². The number of benzene rings is 3. The summed E-state index contributed by atoms with van der Waals surface area (Å²) in [6.45, 7) is -0.0578. The van der Waals surface area contributed by atoms with Gasteiger partial charge in [0.15, 0.2) is 11.4 Å². The van der Waals surface area contributed by atoms with Crippen molar-refractivity contribution in [1.82, 2.24) is 20.2 Å². The molecular weight excluding hydrogens is 657 g/mol. The maximum atomic E-state index is 13.0. The van der Waals surface area contributed by atoms with Gasteiger partial charge < -0.3 is 24.8 Å². The van der Waals surface area contributed by atoms with E-state index in [9.17, 15) is 27.9 Å². The summed E-state index contributed by atoms with van der Waals surface area (Å²) in [6.07, 6.45) is -1.60. The molecule has 6 rings (SSSR count). The zero-order chi connectivity index (χ0) is 34.4. The zero-order valence-electron chi connectivity index (χ0n) is 26.4. The molecule has 13 heteroatoms. The summed E-state index contributed by atoms with van der Waals surface area (Å²) in [5, 5.41) is 12.9. The van der Waals surface area contributed by atoms with Crippen LogP contribution in [0.2, 0.25) is 0 Å². The van der Waals surface area contributed by atoms with Crippen molar-refractivity contribution in [3.63, 3.8) is 0 Å². The topological polar surface area (TPSA) is 114 Å². The summed E-state index contributed by atoms with van der Waals surface area (Å²) in [6, 6.07) is 23.6. The van der Waals surface area contributed by atoms with E-state index >= 15 is 0 Å². The van der Waals surface area contributed by atoms with E-state index in [2.05, 4.69) is 15.3 Å². The first kappa shape index (κ1) is 34.6. The van der Waals surface area contributed by atoms with E-state index in [1.54, 1.807) is 18.5 Å². The highest BCUT2D eigenvalue weighted by atomic mass is 32.2. The summed E-state index contributed by atoms with van der Waals surface area (Å²) in [5.41, 5.74) is 5.10. The number of alkyl halides is 3. The molecule has 49 heavy (non-hydrogen) atoms. The number of nitrogens with zero attached hydrogens (tertiary/aromatic N) is 3. The Kier molecular flexibility index (Phi) is 10.9. The number of rotatable bonds is 10. The molecule has 256 valence electrons. The molecule has 1 aromatic heterocycles. The molecule has 0 aliphatic carbocycles. The summed E-state index contributed by atoms with van der Waals surface area (Å²) in [5.74, 6) is -1.98. The van der Waals surface area contributed by atoms with E-state index < -0.39 is 30.3 Å². The minimum absolute atomic E-state index is 0.0453. The van der Waals surface area contributed by atoms with Gasteiger partial charge in [0.1, 0.15) is 6.04 Å². The van der Waals surface area contributed by atoms with Gasteiger partial charge in [-0.25, -0.2) is 9.97 Å². The van der Waals surface area contributed by atoms with Crippen LogP contribution in [-0.4, -0.2) is 62.4 Å². The number of likely N-dealkylation sites (tertiary alicyclic amines) is 1. The third-order valence-electron chi connectivity index (χ3n) is 8.50. The number of halogens is 3. The molecule has 2 fully saturated rings. The largest absolute Gasteiger partial charge is 0.471 e. The number of aliphatic hydroxyl groups excluding tert-OH is 1. The Morgan fingerprint density at radius 3 is 2.39 bits per heavy atom. The molecule has 2 aliphatic rings. The number of carbonyl (C=O) groups is 2. The lowest BCUT2D eigenvalue weighted by atomic mass is 9.99. The maximum Gasteiger partial charge on any atom is 0.471 e. The van der Waals surface area contributed by atoms with Crippen LogP contribution in [0, 0.1) is 0 Å². The van der Waals surface area contributed by atoms with E-state index in [4.69, 9.17) is 9.47 Å². The molecule has 4 unspecified atom stereocenters. The number of hydrogen-bond acceptors (Lipinski definition) is 8. The second-order valence-corrected chi connectivity index (χ2v) is 12.9. The summed E-state index contributed by atoms with van der Waals surface area (Å²) in [7, 11) is 0. The molecule has 0 radical (unpaired) electrons. The molecular formula is C36H35F3N4O5S. The Hall–Kier alpha value is -4.30. The van der Waals surface area contributed by atoms with E-state index in [-0.39, 0.29) is 38.3 Å². The van der Waals surface area contributed by atoms with Crippen molar-refractivity contribution in [3.05, 3.63) is 114 Å². The van der Waals surface area contributed by atoms with Crippen LogP contribution in [0.25, 0.3) is 11.1 Å². The number of aliphatic hydroxyl groups is 1. The quantitative estimate of drug-likeness (QED) is 0.151. The third kappa shape index (κ3) is 8.66. The van der Waals surface area contributed by atoms with Crippen LogP contribution < -0.4 is 5.32 Å². The number of amides is 2. The molecule has 3 heterocycles. The van der Waals surface area contributed by atoms with Crippen LogP contribution in [0.1, 0.15) is 53.9 Å². The second-order valence-electron chi connectivity index (χ2n) is 11.9. The first-order valence-electron chi connectivity index (χ1n) is 15.9. The van der Waals surface area contributed by atoms with Crippen LogP contribution >= 0.6 is 11.8 Å². The van der Waals surface area contributed by atoms with Crippen LogP contribution in [0.15, 0.2) is 96.4 Å². The van der Waals surface area contributed by atoms with Gasteiger partial charge in [-0.2, -0.15) is 13.2 Å². The molecule has 0 spiro atoms. The van der Waals surface area contributed by atoms with Gasteiger partial charge in [-0.1, -0.05) is 72.4 Å². The standard InChI is InChI=1S/C36H35F3N4O5S/c37-36(38,39)34(46)43-16-3-9-30(43)32(45)42-20-24-5-1-6-26(17-24)27-7-2-8-28(18-27)33-47-29(22-49-35-40-14-4-15-41-35)19-31(48-33)25-12-10-23(21-44)11-13-25/h1-2,4-8,10-15,17-18,29-31,33,44H,3,9,16,19-22H2,(H,42,45). The summed E-state index contributed by atoms with van der Waals surface area (Å²) < 4.78 is 52.1. The Morgan fingerprint density at radius 2 is 1.65 bits per heavy atom. The van der Waals surface area contributed by atoms with Crippen molar-refractivity contribution in [2.45, 2.75) is 68.3 Å². The molecule has 2 amide bonds. The van der Waals surface area contributed by atoms with Crippen LogP contribution in [0.3, 0.4) is 0 Å². The Balaban J connectivity index is 1.16. The Morgan fingerprint density at radius 1 is 0.918 bits per heavy atom. The van der Waals surface area contributed by atoms with Crippen molar-refractivity contribution in [2.75, 3.05) is 12.3 Å². The fourth-order valence-electron chi connectivity index (χ4n) is 6.03. The number of carbonyl (C=O) groups excluding carboxylic acids is 2. The predicted molar refractivity (Wildman–Crippen MR) is 176 cm³/mol. The molecule has 2 N–H and O–H groups in total. The number of hydrogen-bond donors (Lipinski definition) is 2. The van der Waals surface area contributed by atoms with E-state index in [0.717, 1.165) is 33.4 Å². The van der Waals surface area contributed by atoms with Gasteiger partial charge in [0.25, 0.3) is 0 Å². The fourth-order valence-corrected chi connectivity index (χ4v) is 6.85. The van der Waals surface area contributed by atoms with Crippen molar-refractivity contribution in [1.29, 1.82) is 0 Å². The van der Waals surface area contributed by atoms with E-state index in [1.165, 1.54) is 11.8 Å². The van der Waals surface area contributed by atoms with Gasteiger partial charge >= 0.3 is 12.1 Å². The lowest BCUT2D eigenvalue weighted by Crippen LogP contribution is -2.50. The first-order valence-corrected chi connectivity index (χ1v) is 16.9. The SMILES string of the molecule is O=C(NCc1cccc(-c2cccc(C3OC(CSc4ncccn4)CC(c4ccc(CO)cc4)O3)c2)c1)C1CCCN1C(=O)C(F)(F)F. The minimum atomic E-state index is -5.02. The number of ether oxygens (including phenoxy) is 2. The maximum absolute atomic E-state index is 13.0. The summed E-state index contributed by atoms with van der Waals surface area (Å²) >= 11 is 1.51. The fraction of sp³-hybridized carbons (Fsp3) is 0.333. The number of aromatic nitrogens is 2. The lowest BCUT2D eigenvalue weighted by molar-refractivity contribution is -0.245. The highest BCUT2D eigenvalue weighted by Gasteiger charge is 2.47. The summed E-state index contributed by atoms with van der Waals surface area (Å²) in [4.78, 5) is 33.9. The third-order valence-corrected chi connectivity index (χ3v) is 9.51. The molecule has 9 nitrogen and oxygen atoms in total. The van der Waals surface area contributed by atoms with Crippen LogP contribution in [0.4, 0.5) is 13.2 Å². The van der Waals surface area contributed by atoms with Crippen LogP contribution in [-0.2, 0) is 32.2 Å². The first-order chi connectivity index (χ1) is 23.7. The molecule has 4 atom stereocenters. The average molecular weight is 693 g/mol. The molecule has 4 aromatic rings. The Bertz CT molecular complexity index is 1740. The Labute approximate surface area is 285 Å². The van der Waals surface area contributed by atoms with Gasteiger partial charge in [0, 0.05) is 43.2 Å². The molecule has 2 aliphatic heterocycles. The van der Waals surface area contributed by atoms with Gasteiger partial charge in [-0.3, -0.25) is 9.59 Å². The number of thioether (sulfide) groups is 1. The predicted octanol–water partition coefficient (Wildman–Crippen LogP) is 6.14. The van der Waals surface area contributed by atoms with Crippen molar-refractivity contribution >= 4 is 23.6 Å². The second kappa shape index (κ2) is 15.5. The van der Waals surface area contributed by atoms with Gasteiger partial charge in [-0.15, -0.1) is 0 Å². The van der Waals surface area contributed by atoms with Gasteiger partial charge in [-0.05, 0) is 58.9 Å². The van der Waals surface area contributed by atoms with Gasteiger partial charge in [0.2, 0.25) is 5.91 Å². The molecule has 3 aromatic carbocycles. The van der Waals surface area contributed by atoms with E-state index in [0.29, 0.717) is 28.7 Å². The number of nitrogens with one attached hydrogen (secondary N) is 1. The smallest absolute Gasteiger partial charge is 0.392 e. The van der Waals surface area contributed by atoms with Crippen molar-refractivity contribution in [3.8, 4) is 11.1 Å². The molecule has 2 saturated heterocycles. The lowest BCUT2D eigenvalue weighted by Gasteiger charge is -2.36.